The fraction of sp³-hybridized carbons (Fsp3) is 0.250. The van der Waals surface area contributed by atoms with E-state index in [1.807, 2.05) is 25.1 Å². The van der Waals surface area contributed by atoms with Crippen LogP contribution in [0.2, 0.25) is 0 Å². The molecule has 2 nitrogen and oxygen atoms in total. The van der Waals surface area contributed by atoms with Crippen LogP contribution < -0.4 is 0 Å². The first-order valence-electron chi connectivity index (χ1n) is 4.92. The number of carbonyl (C=O) groups is 1. The third kappa shape index (κ3) is 2.18. The molecule has 0 saturated heterocycles. The number of rotatable bonds is 3. The van der Waals surface area contributed by atoms with E-state index in [0.717, 1.165) is 10.3 Å². The van der Waals surface area contributed by atoms with Crippen LogP contribution in [-0.4, -0.2) is 12.6 Å². The molecule has 0 bridgehead atoms. The zero-order chi connectivity index (χ0) is 10.7. The molecule has 0 spiro atoms. The Morgan fingerprint density at radius 1 is 1.40 bits per heavy atom. The van der Waals surface area contributed by atoms with Crippen LogP contribution in [-0.2, 0) is 16.0 Å². The summed E-state index contributed by atoms with van der Waals surface area (Å²) in [6.07, 6.45) is 0.381. The maximum Gasteiger partial charge on any atom is 0.311 e. The van der Waals surface area contributed by atoms with Crippen molar-refractivity contribution in [3.8, 4) is 0 Å². The van der Waals surface area contributed by atoms with E-state index in [2.05, 4.69) is 11.4 Å². The molecular weight excluding hydrogens is 208 g/mol. The highest BCUT2D eigenvalue weighted by Crippen LogP contribution is 2.25. The molecule has 0 saturated carbocycles. The van der Waals surface area contributed by atoms with Crippen LogP contribution in [0.5, 0.6) is 0 Å². The summed E-state index contributed by atoms with van der Waals surface area (Å²) in [5.41, 5.74) is 0. The number of esters is 1. The van der Waals surface area contributed by atoms with Gasteiger partial charge in [-0.25, -0.2) is 0 Å². The Bertz CT molecular complexity index is 473. The van der Waals surface area contributed by atoms with Gasteiger partial charge in [0.05, 0.1) is 13.0 Å². The normalized spacial score (nSPS) is 10.5. The van der Waals surface area contributed by atoms with Gasteiger partial charge in [0.15, 0.2) is 0 Å². The summed E-state index contributed by atoms with van der Waals surface area (Å²) in [4.78, 5) is 12.4. The van der Waals surface area contributed by atoms with Crippen molar-refractivity contribution in [2.45, 2.75) is 13.3 Å². The number of fused-ring (bicyclic) bond motifs is 1. The summed E-state index contributed by atoms with van der Waals surface area (Å²) in [5, 5.41) is 4.43. The van der Waals surface area contributed by atoms with Crippen molar-refractivity contribution in [3.05, 3.63) is 34.5 Å². The molecule has 0 unspecified atom stereocenters. The van der Waals surface area contributed by atoms with E-state index in [4.69, 9.17) is 4.74 Å². The van der Waals surface area contributed by atoms with Gasteiger partial charge < -0.3 is 4.74 Å². The second kappa shape index (κ2) is 4.45. The summed E-state index contributed by atoms with van der Waals surface area (Å²) in [6, 6.07) is 8.09. The van der Waals surface area contributed by atoms with E-state index in [-0.39, 0.29) is 5.97 Å². The van der Waals surface area contributed by atoms with Crippen LogP contribution in [0.4, 0.5) is 0 Å². The molecule has 15 heavy (non-hydrogen) atoms. The maximum absolute atomic E-state index is 11.3. The Balaban J connectivity index is 2.25. The molecule has 1 aromatic carbocycles. The standard InChI is InChI=1S/C12H12O2S/c1-2-14-12(13)7-11-10-6-4-3-5-9(10)8-15-11/h3-6,8H,2,7H2,1H3. The SMILES string of the molecule is CCOC(=O)Cc1scc2ccccc12. The van der Waals surface area contributed by atoms with Crippen molar-refractivity contribution in [2.75, 3.05) is 6.61 Å². The fourth-order valence-electron chi connectivity index (χ4n) is 1.53. The Hall–Kier alpha value is -1.35. The van der Waals surface area contributed by atoms with Crippen molar-refractivity contribution < 1.29 is 9.53 Å². The average Bonchev–Trinajstić information content (AvgIpc) is 2.62. The van der Waals surface area contributed by atoms with Gasteiger partial charge in [0.2, 0.25) is 0 Å². The highest BCUT2D eigenvalue weighted by atomic mass is 32.1. The molecule has 0 N–H and O–H groups in total. The van der Waals surface area contributed by atoms with E-state index in [0.29, 0.717) is 13.0 Å². The fourth-order valence-corrected chi connectivity index (χ4v) is 2.52. The minimum absolute atomic E-state index is 0.148. The highest BCUT2D eigenvalue weighted by Gasteiger charge is 2.09. The van der Waals surface area contributed by atoms with E-state index < -0.39 is 0 Å². The van der Waals surface area contributed by atoms with E-state index in [1.165, 1.54) is 5.39 Å². The smallest absolute Gasteiger partial charge is 0.311 e. The van der Waals surface area contributed by atoms with Gasteiger partial charge in [-0.2, -0.15) is 0 Å². The molecule has 1 aromatic heterocycles. The van der Waals surface area contributed by atoms with Crippen LogP contribution in [0.1, 0.15) is 11.8 Å². The van der Waals surface area contributed by atoms with Crippen molar-refractivity contribution in [3.63, 3.8) is 0 Å². The quantitative estimate of drug-likeness (QED) is 0.743. The van der Waals surface area contributed by atoms with Gasteiger partial charge in [0.25, 0.3) is 0 Å². The number of hydrogen-bond acceptors (Lipinski definition) is 3. The minimum atomic E-state index is -0.148. The molecule has 0 aliphatic rings. The van der Waals surface area contributed by atoms with Crippen LogP contribution in [0.15, 0.2) is 29.6 Å². The lowest BCUT2D eigenvalue weighted by atomic mass is 10.1. The molecule has 1 heterocycles. The average molecular weight is 220 g/mol. The Morgan fingerprint density at radius 3 is 3.00 bits per heavy atom. The van der Waals surface area contributed by atoms with Gasteiger partial charge >= 0.3 is 5.97 Å². The Labute approximate surface area is 92.5 Å². The van der Waals surface area contributed by atoms with Gasteiger partial charge in [-0.1, -0.05) is 24.3 Å². The van der Waals surface area contributed by atoms with Crippen molar-refractivity contribution in [1.82, 2.24) is 0 Å². The lowest BCUT2D eigenvalue weighted by Gasteiger charge is -1.99. The summed E-state index contributed by atoms with van der Waals surface area (Å²) in [5.74, 6) is -0.148. The van der Waals surface area contributed by atoms with E-state index >= 15 is 0 Å². The summed E-state index contributed by atoms with van der Waals surface area (Å²) < 4.78 is 4.93. The summed E-state index contributed by atoms with van der Waals surface area (Å²) >= 11 is 1.62. The van der Waals surface area contributed by atoms with E-state index in [9.17, 15) is 4.79 Å². The second-order valence-electron chi connectivity index (χ2n) is 3.23. The lowest BCUT2D eigenvalue weighted by molar-refractivity contribution is -0.142. The predicted octanol–water partition coefficient (Wildman–Crippen LogP) is 3.01. The molecule has 0 fully saturated rings. The summed E-state index contributed by atoms with van der Waals surface area (Å²) in [6.45, 7) is 2.27. The number of hydrogen-bond donors (Lipinski definition) is 0. The van der Waals surface area contributed by atoms with Gasteiger partial charge in [-0.3, -0.25) is 4.79 Å². The van der Waals surface area contributed by atoms with Crippen molar-refractivity contribution >= 4 is 28.1 Å². The van der Waals surface area contributed by atoms with Crippen molar-refractivity contribution in [1.29, 1.82) is 0 Å². The third-order valence-corrected chi connectivity index (χ3v) is 3.22. The van der Waals surface area contributed by atoms with Gasteiger partial charge in [-0.15, -0.1) is 11.3 Å². The predicted molar refractivity (Wildman–Crippen MR) is 62.2 cm³/mol. The number of benzene rings is 1. The van der Waals surface area contributed by atoms with Gasteiger partial charge in [-0.05, 0) is 23.1 Å². The molecule has 2 rings (SSSR count). The molecule has 0 aliphatic carbocycles. The Kier molecular flexibility index (Phi) is 3.02. The van der Waals surface area contributed by atoms with Crippen LogP contribution in [0, 0.1) is 0 Å². The topological polar surface area (TPSA) is 26.3 Å². The Morgan fingerprint density at radius 2 is 2.20 bits per heavy atom. The van der Waals surface area contributed by atoms with Crippen LogP contribution >= 0.6 is 11.3 Å². The first-order valence-corrected chi connectivity index (χ1v) is 5.80. The van der Waals surface area contributed by atoms with E-state index in [1.54, 1.807) is 11.3 Å². The van der Waals surface area contributed by atoms with Crippen molar-refractivity contribution in [2.24, 2.45) is 0 Å². The molecule has 2 aromatic rings. The summed E-state index contributed by atoms with van der Waals surface area (Å²) in [7, 11) is 0. The highest BCUT2D eigenvalue weighted by molar-refractivity contribution is 7.11. The molecule has 0 atom stereocenters. The van der Waals surface area contributed by atoms with Gasteiger partial charge in [0.1, 0.15) is 0 Å². The first-order chi connectivity index (χ1) is 7.31. The zero-order valence-electron chi connectivity index (χ0n) is 8.53. The monoisotopic (exact) mass is 220 g/mol. The van der Waals surface area contributed by atoms with Crippen LogP contribution in [0.25, 0.3) is 10.8 Å². The number of ether oxygens (including phenoxy) is 1. The second-order valence-corrected chi connectivity index (χ2v) is 4.19. The molecule has 0 radical (unpaired) electrons. The molecule has 0 amide bonds. The largest absolute Gasteiger partial charge is 0.466 e. The number of thiophene rings is 1. The minimum Gasteiger partial charge on any atom is -0.466 e. The molecule has 78 valence electrons. The zero-order valence-corrected chi connectivity index (χ0v) is 9.34. The molecule has 0 aliphatic heterocycles. The first kappa shape index (κ1) is 10.2. The van der Waals surface area contributed by atoms with Gasteiger partial charge in [0, 0.05) is 4.88 Å². The maximum atomic E-state index is 11.3. The van der Waals surface area contributed by atoms with Crippen LogP contribution in [0.3, 0.4) is 0 Å². The number of carbonyl (C=O) groups excluding carboxylic acids is 1. The third-order valence-electron chi connectivity index (χ3n) is 2.20. The molecule has 3 heteroatoms. The lowest BCUT2D eigenvalue weighted by Crippen LogP contribution is -2.06. The molecular formula is C12H12O2S.